The van der Waals surface area contributed by atoms with Crippen molar-refractivity contribution in [3.8, 4) is 0 Å². The first-order valence-electron chi connectivity index (χ1n) is 8.03. The van der Waals surface area contributed by atoms with Crippen LogP contribution in [-0.2, 0) is 11.3 Å². The number of aliphatic hydroxyl groups is 1. The van der Waals surface area contributed by atoms with Gasteiger partial charge >= 0.3 is 0 Å². The van der Waals surface area contributed by atoms with Crippen LogP contribution < -0.4 is 0 Å². The van der Waals surface area contributed by atoms with Gasteiger partial charge in [0.15, 0.2) is 0 Å². The van der Waals surface area contributed by atoms with E-state index in [0.717, 1.165) is 5.57 Å². The summed E-state index contributed by atoms with van der Waals surface area (Å²) in [4.78, 5) is 0. The predicted octanol–water partition coefficient (Wildman–Crippen LogP) is 4.88. The van der Waals surface area contributed by atoms with E-state index < -0.39 is 13.3 Å². The van der Waals surface area contributed by atoms with Gasteiger partial charge in [-0.3, -0.25) is 0 Å². The van der Waals surface area contributed by atoms with Crippen LogP contribution in [0.4, 0.5) is 0 Å². The third-order valence-electron chi connectivity index (χ3n) is 5.43. The SMILES string of the molecule is C/C=C(\C)[C@@](C)(O)[Si@](C)(COCc1ccccc1)C(C)(C)C. The Hall–Kier alpha value is -0.903. The summed E-state index contributed by atoms with van der Waals surface area (Å²) in [7, 11) is -2.15. The van der Waals surface area contributed by atoms with Gasteiger partial charge in [0.05, 0.1) is 11.8 Å². The highest BCUT2D eigenvalue weighted by atomic mass is 28.3. The quantitative estimate of drug-likeness (QED) is 0.598. The summed E-state index contributed by atoms with van der Waals surface area (Å²) >= 11 is 0. The summed E-state index contributed by atoms with van der Waals surface area (Å²) in [5.74, 6) is 0. The Morgan fingerprint density at radius 2 is 1.73 bits per heavy atom. The summed E-state index contributed by atoms with van der Waals surface area (Å²) in [5, 5.41) is 10.5. The molecule has 2 atom stereocenters. The van der Waals surface area contributed by atoms with Crippen LogP contribution in [0.25, 0.3) is 0 Å². The Labute approximate surface area is 137 Å². The van der Waals surface area contributed by atoms with E-state index in [4.69, 9.17) is 4.74 Å². The standard InChI is InChI=1S/C19H32O2Si/c1-8-16(2)19(6,20)22(7,18(3,4)5)15-21-14-17-12-10-9-11-13-17/h8-13,20H,14-15H2,1-7H3/b16-8+/t19-,22+/m0/s1. The minimum Gasteiger partial charge on any atom is -0.389 e. The van der Waals surface area contributed by atoms with Crippen LogP contribution >= 0.6 is 0 Å². The lowest BCUT2D eigenvalue weighted by Crippen LogP contribution is -2.64. The maximum Gasteiger partial charge on any atom is 0.127 e. The van der Waals surface area contributed by atoms with Crippen LogP contribution in [0.3, 0.4) is 0 Å². The van der Waals surface area contributed by atoms with Gasteiger partial charge in [0.25, 0.3) is 0 Å². The Morgan fingerprint density at radius 1 is 1.18 bits per heavy atom. The zero-order chi connectivity index (χ0) is 17.0. The molecule has 2 nitrogen and oxygen atoms in total. The Morgan fingerprint density at radius 3 is 2.18 bits per heavy atom. The minimum atomic E-state index is -2.15. The first-order chi connectivity index (χ1) is 10.1. The first kappa shape index (κ1) is 19.1. The van der Waals surface area contributed by atoms with Crippen LogP contribution in [0.15, 0.2) is 42.0 Å². The molecule has 0 amide bonds. The van der Waals surface area contributed by atoms with Crippen LogP contribution in [0, 0.1) is 0 Å². The van der Waals surface area contributed by atoms with Gasteiger partial charge in [-0.15, -0.1) is 0 Å². The third kappa shape index (κ3) is 3.89. The topological polar surface area (TPSA) is 29.5 Å². The molecule has 0 fully saturated rings. The van der Waals surface area contributed by atoms with E-state index in [2.05, 4.69) is 39.5 Å². The Bertz CT molecular complexity index is 500. The molecule has 0 saturated carbocycles. The number of allylic oxidation sites excluding steroid dienone is 1. The average Bonchev–Trinajstić information content (AvgIpc) is 2.45. The Kier molecular flexibility index (Phi) is 6.19. The maximum atomic E-state index is 11.2. The van der Waals surface area contributed by atoms with Crippen LogP contribution in [0.5, 0.6) is 0 Å². The van der Waals surface area contributed by atoms with Gasteiger partial charge in [-0.1, -0.05) is 63.7 Å². The largest absolute Gasteiger partial charge is 0.389 e. The highest BCUT2D eigenvalue weighted by molar-refractivity contribution is 6.84. The summed E-state index contributed by atoms with van der Waals surface area (Å²) < 4.78 is 6.07. The van der Waals surface area contributed by atoms with Crippen molar-refractivity contribution in [2.75, 3.05) is 6.23 Å². The zero-order valence-corrected chi connectivity index (χ0v) is 16.2. The molecule has 0 unspecified atom stereocenters. The van der Waals surface area contributed by atoms with Crippen LogP contribution in [0.1, 0.15) is 47.1 Å². The average molecular weight is 321 g/mol. The van der Waals surface area contributed by atoms with Crippen molar-refractivity contribution in [1.29, 1.82) is 0 Å². The van der Waals surface area contributed by atoms with E-state index >= 15 is 0 Å². The molecular formula is C19H32O2Si. The van der Waals surface area contributed by atoms with Crippen molar-refractivity contribution in [2.45, 2.75) is 65.0 Å². The van der Waals surface area contributed by atoms with E-state index in [9.17, 15) is 5.11 Å². The molecule has 0 heterocycles. The molecule has 0 radical (unpaired) electrons. The molecule has 124 valence electrons. The molecule has 1 rings (SSSR count). The van der Waals surface area contributed by atoms with Crippen molar-refractivity contribution in [3.05, 3.63) is 47.5 Å². The summed E-state index contributed by atoms with van der Waals surface area (Å²) in [6.45, 7) is 15.5. The van der Waals surface area contributed by atoms with E-state index in [-0.39, 0.29) is 5.04 Å². The second-order valence-electron chi connectivity index (χ2n) is 7.60. The number of rotatable bonds is 6. The summed E-state index contributed by atoms with van der Waals surface area (Å²) in [5.41, 5.74) is 2.22. The van der Waals surface area contributed by atoms with Crippen molar-refractivity contribution < 1.29 is 9.84 Å². The summed E-state index contributed by atoms with van der Waals surface area (Å²) in [6, 6.07) is 10.2. The zero-order valence-electron chi connectivity index (χ0n) is 15.2. The van der Waals surface area contributed by atoms with Crippen molar-refractivity contribution in [3.63, 3.8) is 0 Å². The fraction of sp³-hybridized carbons (Fsp3) is 0.579. The van der Waals surface area contributed by atoms with Gasteiger partial charge in [0, 0.05) is 6.23 Å². The molecule has 0 bridgehead atoms. The predicted molar refractivity (Wildman–Crippen MR) is 97.5 cm³/mol. The number of benzene rings is 1. The molecule has 3 heteroatoms. The van der Waals surface area contributed by atoms with Gasteiger partial charge in [-0.2, -0.15) is 0 Å². The van der Waals surface area contributed by atoms with Gasteiger partial charge in [0.2, 0.25) is 0 Å². The van der Waals surface area contributed by atoms with Crippen LogP contribution in [-0.4, -0.2) is 24.6 Å². The molecule has 1 aromatic carbocycles. The van der Waals surface area contributed by atoms with Gasteiger partial charge in [-0.05, 0) is 36.9 Å². The lowest BCUT2D eigenvalue weighted by molar-refractivity contribution is 0.123. The smallest absolute Gasteiger partial charge is 0.127 e. The molecule has 0 aromatic heterocycles. The van der Waals surface area contributed by atoms with Gasteiger partial charge in [-0.25, -0.2) is 0 Å². The highest BCUT2D eigenvalue weighted by Gasteiger charge is 2.54. The third-order valence-corrected chi connectivity index (χ3v) is 12.1. The van der Waals surface area contributed by atoms with Crippen LogP contribution in [0.2, 0.25) is 11.6 Å². The fourth-order valence-corrected chi connectivity index (χ4v) is 6.45. The van der Waals surface area contributed by atoms with E-state index in [1.54, 1.807) is 0 Å². The lowest BCUT2D eigenvalue weighted by Gasteiger charge is -2.50. The normalized spacial score (nSPS) is 18.6. The molecular weight excluding hydrogens is 288 g/mol. The molecule has 0 aliphatic carbocycles. The maximum absolute atomic E-state index is 11.2. The number of hydrogen-bond donors (Lipinski definition) is 1. The molecule has 0 aliphatic heterocycles. The second-order valence-corrected chi connectivity index (χ2v) is 13.0. The fourth-order valence-electron chi connectivity index (χ4n) is 2.75. The van der Waals surface area contributed by atoms with E-state index in [1.807, 2.05) is 45.0 Å². The van der Waals surface area contributed by atoms with E-state index in [0.29, 0.717) is 12.8 Å². The number of hydrogen-bond acceptors (Lipinski definition) is 2. The van der Waals surface area contributed by atoms with Gasteiger partial charge < -0.3 is 9.84 Å². The van der Waals surface area contributed by atoms with Gasteiger partial charge in [0.1, 0.15) is 8.07 Å². The molecule has 1 aromatic rings. The highest BCUT2D eigenvalue weighted by Crippen LogP contribution is 2.45. The first-order valence-corrected chi connectivity index (χ1v) is 10.7. The molecule has 22 heavy (non-hydrogen) atoms. The summed E-state index contributed by atoms with van der Waals surface area (Å²) in [6.07, 6.45) is 2.66. The Balaban J connectivity index is 2.94. The molecule has 0 aliphatic rings. The van der Waals surface area contributed by atoms with Crippen molar-refractivity contribution in [2.24, 2.45) is 0 Å². The monoisotopic (exact) mass is 320 g/mol. The van der Waals surface area contributed by atoms with E-state index in [1.165, 1.54) is 5.56 Å². The molecule has 1 N–H and O–H groups in total. The molecule has 0 saturated heterocycles. The van der Waals surface area contributed by atoms with Crippen molar-refractivity contribution in [1.82, 2.24) is 0 Å². The minimum absolute atomic E-state index is 0.0391. The lowest BCUT2D eigenvalue weighted by atomic mass is 10.2. The molecule has 0 spiro atoms. The van der Waals surface area contributed by atoms with Crippen molar-refractivity contribution >= 4 is 8.07 Å². The second kappa shape index (κ2) is 7.11. The number of ether oxygens (including phenoxy) is 1.